The van der Waals surface area contributed by atoms with Crippen molar-refractivity contribution in [2.45, 2.75) is 27.1 Å². The van der Waals surface area contributed by atoms with Gasteiger partial charge in [0.25, 0.3) is 0 Å². The number of carbonyl (C=O) groups excluding carboxylic acids is 2. The fourth-order valence-corrected chi connectivity index (χ4v) is 4.31. The molecule has 2 aromatic carbocycles. The van der Waals surface area contributed by atoms with Gasteiger partial charge in [-0.05, 0) is 59.4 Å². The molecule has 0 fully saturated rings. The summed E-state index contributed by atoms with van der Waals surface area (Å²) in [6, 6.07) is 14.2. The Labute approximate surface area is 228 Å². The summed E-state index contributed by atoms with van der Waals surface area (Å²) < 4.78 is 11.5. The van der Waals surface area contributed by atoms with Crippen molar-refractivity contribution in [2.75, 3.05) is 0 Å². The Morgan fingerprint density at radius 2 is 1.13 bits per heavy atom. The Bertz CT molecular complexity index is 1430. The quantitative estimate of drug-likeness (QED) is 0.233. The third kappa shape index (κ3) is 5.56. The third-order valence-electron chi connectivity index (χ3n) is 6.07. The molecule has 8 nitrogen and oxygen atoms in total. The Morgan fingerprint density at radius 3 is 1.50 bits per heavy atom. The largest absolute Gasteiger partial charge is 0.493 e. The highest BCUT2D eigenvalue weighted by Crippen LogP contribution is 2.33. The van der Waals surface area contributed by atoms with E-state index in [9.17, 15) is 19.8 Å². The first-order valence-corrected chi connectivity index (χ1v) is 12.1. The number of aromatic hydroxyl groups is 2. The van der Waals surface area contributed by atoms with Gasteiger partial charge in [-0.1, -0.05) is 59.6 Å². The molecular weight excluding hydrogens is 531 g/mol. The average Bonchev–Trinajstić information content (AvgIpc) is 2.90. The number of pyridine rings is 2. The Morgan fingerprint density at radius 1 is 0.737 bits per heavy atom. The van der Waals surface area contributed by atoms with E-state index in [1.807, 2.05) is 50.2 Å². The monoisotopic (exact) mass is 552 g/mol. The van der Waals surface area contributed by atoms with Gasteiger partial charge in [0.1, 0.15) is 23.3 Å². The number of aldehydes is 2. The van der Waals surface area contributed by atoms with Gasteiger partial charge in [-0.3, -0.25) is 9.59 Å². The summed E-state index contributed by atoms with van der Waals surface area (Å²) in [6.07, 6.45) is 0.927. The lowest BCUT2D eigenvalue weighted by atomic mass is 9.92. The molecule has 0 bridgehead atoms. The molecule has 0 aliphatic heterocycles. The number of benzene rings is 2. The minimum Gasteiger partial charge on any atom is -0.493 e. The SMILES string of the molecule is Cc1c(COc2nc(O)c(C=O)cc2Cl)cccc1-c1cccc(COc2nc(O)c(C=O)cc2Cl)c1C. The minimum absolute atomic E-state index is 0.0207. The van der Waals surface area contributed by atoms with Crippen LogP contribution in [0.2, 0.25) is 10.0 Å². The van der Waals surface area contributed by atoms with Crippen LogP contribution in [-0.2, 0) is 13.2 Å². The smallest absolute Gasteiger partial charge is 0.236 e. The minimum atomic E-state index is -0.453. The summed E-state index contributed by atoms with van der Waals surface area (Å²) in [5, 5.41) is 19.9. The zero-order valence-corrected chi connectivity index (χ0v) is 21.9. The fourth-order valence-electron chi connectivity index (χ4n) is 3.89. The van der Waals surface area contributed by atoms with Crippen molar-refractivity contribution >= 4 is 35.8 Å². The predicted molar refractivity (Wildman–Crippen MR) is 143 cm³/mol. The van der Waals surface area contributed by atoms with Crippen LogP contribution in [0.5, 0.6) is 23.5 Å². The van der Waals surface area contributed by atoms with E-state index < -0.39 is 11.8 Å². The van der Waals surface area contributed by atoms with Crippen LogP contribution in [0.1, 0.15) is 43.0 Å². The normalized spacial score (nSPS) is 10.7. The van der Waals surface area contributed by atoms with Crippen LogP contribution >= 0.6 is 23.2 Å². The zero-order valence-electron chi connectivity index (χ0n) is 20.4. The molecule has 0 aliphatic carbocycles. The van der Waals surface area contributed by atoms with E-state index in [0.717, 1.165) is 33.4 Å². The van der Waals surface area contributed by atoms with Gasteiger partial charge in [0.2, 0.25) is 23.5 Å². The van der Waals surface area contributed by atoms with Crippen LogP contribution in [0.3, 0.4) is 0 Å². The number of halogens is 2. The molecule has 38 heavy (non-hydrogen) atoms. The summed E-state index contributed by atoms with van der Waals surface area (Å²) in [7, 11) is 0. The van der Waals surface area contributed by atoms with E-state index in [2.05, 4.69) is 9.97 Å². The highest BCUT2D eigenvalue weighted by molar-refractivity contribution is 6.32. The molecule has 2 aromatic heterocycles. The zero-order chi connectivity index (χ0) is 27.4. The summed E-state index contributed by atoms with van der Waals surface area (Å²) >= 11 is 12.3. The molecule has 0 aliphatic rings. The molecule has 0 radical (unpaired) electrons. The number of rotatable bonds is 9. The predicted octanol–water partition coefficient (Wildman–Crippen LogP) is 6.26. The van der Waals surface area contributed by atoms with E-state index >= 15 is 0 Å². The molecule has 4 aromatic rings. The fraction of sp³-hybridized carbons (Fsp3) is 0.143. The topological polar surface area (TPSA) is 119 Å². The highest BCUT2D eigenvalue weighted by Gasteiger charge is 2.15. The van der Waals surface area contributed by atoms with E-state index in [1.165, 1.54) is 12.1 Å². The van der Waals surface area contributed by atoms with Crippen molar-refractivity contribution in [3.8, 4) is 34.6 Å². The Balaban J connectivity index is 1.56. The number of carbonyl (C=O) groups is 2. The van der Waals surface area contributed by atoms with Crippen molar-refractivity contribution in [2.24, 2.45) is 0 Å². The summed E-state index contributed by atoms with van der Waals surface area (Å²) in [6.45, 7) is 4.22. The molecule has 0 saturated heterocycles. The number of ether oxygens (including phenoxy) is 2. The van der Waals surface area contributed by atoms with E-state index in [-0.39, 0.29) is 46.1 Å². The lowest BCUT2D eigenvalue weighted by molar-refractivity contribution is 0.111. The number of hydrogen-bond acceptors (Lipinski definition) is 8. The number of hydrogen-bond donors (Lipinski definition) is 2. The third-order valence-corrected chi connectivity index (χ3v) is 6.61. The summed E-state index contributed by atoms with van der Waals surface area (Å²) in [4.78, 5) is 29.7. The van der Waals surface area contributed by atoms with Gasteiger partial charge in [-0.2, -0.15) is 9.97 Å². The van der Waals surface area contributed by atoms with Crippen LogP contribution in [0.15, 0.2) is 48.5 Å². The Hall–Kier alpha value is -4.14. The molecular formula is C28H22Cl2N2O6. The lowest BCUT2D eigenvalue weighted by Gasteiger charge is -2.17. The van der Waals surface area contributed by atoms with Gasteiger partial charge < -0.3 is 19.7 Å². The maximum Gasteiger partial charge on any atom is 0.236 e. The molecule has 10 heteroatoms. The molecule has 0 unspecified atom stereocenters. The second kappa shape index (κ2) is 11.5. The second-order valence-electron chi connectivity index (χ2n) is 8.37. The average molecular weight is 553 g/mol. The number of nitrogens with zero attached hydrogens (tertiary/aromatic N) is 2. The van der Waals surface area contributed by atoms with Crippen molar-refractivity contribution in [1.82, 2.24) is 9.97 Å². The molecule has 0 atom stereocenters. The van der Waals surface area contributed by atoms with Crippen molar-refractivity contribution in [3.63, 3.8) is 0 Å². The maximum atomic E-state index is 11.0. The maximum absolute atomic E-state index is 11.0. The molecule has 2 heterocycles. The summed E-state index contributed by atoms with van der Waals surface area (Å²) in [5.41, 5.74) is 5.61. The molecule has 0 saturated carbocycles. The van der Waals surface area contributed by atoms with Crippen molar-refractivity contribution in [1.29, 1.82) is 0 Å². The van der Waals surface area contributed by atoms with Gasteiger partial charge in [0.15, 0.2) is 12.6 Å². The van der Waals surface area contributed by atoms with Gasteiger partial charge in [-0.25, -0.2) is 0 Å². The molecule has 0 spiro atoms. The molecule has 4 rings (SSSR count). The first-order valence-electron chi connectivity index (χ1n) is 11.4. The Kier molecular flexibility index (Phi) is 8.14. The van der Waals surface area contributed by atoms with E-state index in [4.69, 9.17) is 32.7 Å². The van der Waals surface area contributed by atoms with Crippen molar-refractivity contribution in [3.05, 3.63) is 92.0 Å². The molecule has 194 valence electrons. The van der Waals surface area contributed by atoms with Gasteiger partial charge in [0, 0.05) is 0 Å². The van der Waals surface area contributed by atoms with E-state index in [1.54, 1.807) is 0 Å². The van der Waals surface area contributed by atoms with Crippen molar-refractivity contribution < 1.29 is 29.3 Å². The van der Waals surface area contributed by atoms with Crippen LogP contribution in [0.4, 0.5) is 0 Å². The van der Waals surface area contributed by atoms with Gasteiger partial charge in [-0.15, -0.1) is 0 Å². The number of aromatic nitrogens is 2. The van der Waals surface area contributed by atoms with Gasteiger partial charge in [0.05, 0.1) is 11.1 Å². The molecule has 0 amide bonds. The highest BCUT2D eigenvalue weighted by atomic mass is 35.5. The van der Waals surface area contributed by atoms with Crippen LogP contribution in [0.25, 0.3) is 11.1 Å². The molecule has 2 N–H and O–H groups in total. The lowest BCUT2D eigenvalue weighted by Crippen LogP contribution is -2.04. The van der Waals surface area contributed by atoms with Crippen LogP contribution in [-0.4, -0.2) is 32.8 Å². The second-order valence-corrected chi connectivity index (χ2v) is 9.18. The van der Waals surface area contributed by atoms with Crippen LogP contribution < -0.4 is 9.47 Å². The summed E-state index contributed by atoms with van der Waals surface area (Å²) in [5.74, 6) is -0.861. The first kappa shape index (κ1) is 26.9. The standard InChI is InChI=1S/C28H22Cl2N2O6/c1-15-17(13-37-27-23(29)9-19(11-33)25(35)31-27)5-3-7-21(15)22-8-4-6-18(16(22)2)14-38-28-24(30)10-20(12-34)26(36)32-28/h3-12H,13-14H2,1-2H3,(H,31,35)(H,32,36). The van der Waals surface area contributed by atoms with Crippen LogP contribution in [0, 0.1) is 13.8 Å². The van der Waals surface area contributed by atoms with Gasteiger partial charge >= 0.3 is 0 Å². The van der Waals surface area contributed by atoms with E-state index in [0.29, 0.717) is 12.6 Å². The first-order chi connectivity index (χ1) is 18.2.